The molecule has 3 rings (SSSR count). The van der Waals surface area contributed by atoms with Gasteiger partial charge in [-0.2, -0.15) is 0 Å². The quantitative estimate of drug-likeness (QED) is 0.727. The molecule has 0 atom stereocenters. The van der Waals surface area contributed by atoms with Crippen molar-refractivity contribution in [1.82, 2.24) is 29.2 Å². The lowest BCUT2D eigenvalue weighted by atomic mass is 10.2. The van der Waals surface area contributed by atoms with E-state index in [1.165, 1.54) is 0 Å². The van der Waals surface area contributed by atoms with Gasteiger partial charge in [0.15, 0.2) is 5.82 Å². The maximum atomic E-state index is 12.1. The Morgan fingerprint density at radius 2 is 1.96 bits per heavy atom. The summed E-state index contributed by atoms with van der Waals surface area (Å²) in [5, 5.41) is 13.4. The Morgan fingerprint density at radius 3 is 2.72 bits per heavy atom. The zero-order valence-corrected chi connectivity index (χ0v) is 14.5. The van der Waals surface area contributed by atoms with Crippen molar-refractivity contribution in [3.8, 4) is 0 Å². The highest BCUT2D eigenvalue weighted by molar-refractivity contribution is 5.92. The average molecular weight is 343 g/mol. The zero-order chi connectivity index (χ0) is 18.0. The largest absolute Gasteiger partial charge is 0.331 e. The first-order valence-electron chi connectivity index (χ1n) is 8.08. The number of aromatic nitrogens is 5. The molecule has 2 N–H and O–H groups in total. The van der Waals surface area contributed by atoms with Crippen molar-refractivity contribution < 1.29 is 4.79 Å². The Balaban J connectivity index is 1.68. The molecule has 132 valence electrons. The minimum atomic E-state index is -0.341. The lowest BCUT2D eigenvalue weighted by Crippen LogP contribution is -2.29. The van der Waals surface area contributed by atoms with Crippen molar-refractivity contribution in [3.05, 3.63) is 40.8 Å². The molecule has 9 nitrogen and oxygen atoms in total. The van der Waals surface area contributed by atoms with E-state index >= 15 is 0 Å². The maximum Gasteiger partial charge on any atom is 0.328 e. The minimum absolute atomic E-state index is 0.105. The highest BCUT2D eigenvalue weighted by Crippen LogP contribution is 2.17. The number of fused-ring (bicyclic) bond motifs is 1. The van der Waals surface area contributed by atoms with Crippen molar-refractivity contribution >= 4 is 22.8 Å². The number of anilines is 1. The van der Waals surface area contributed by atoms with Crippen molar-refractivity contribution in [3.63, 3.8) is 0 Å². The van der Waals surface area contributed by atoms with Crippen molar-refractivity contribution in [2.45, 2.75) is 26.4 Å². The number of hydrogen-bond donors (Lipinski definition) is 2. The third-order valence-corrected chi connectivity index (χ3v) is 4.10. The highest BCUT2D eigenvalue weighted by atomic mass is 16.2. The monoisotopic (exact) mass is 343 g/mol. The first-order chi connectivity index (χ1) is 12.0. The number of nitrogens with one attached hydrogen (secondary N) is 2. The molecule has 2 amide bonds. The fourth-order valence-electron chi connectivity index (χ4n) is 2.76. The molecule has 0 aliphatic carbocycles. The second-order valence-corrected chi connectivity index (χ2v) is 5.85. The summed E-state index contributed by atoms with van der Waals surface area (Å²) < 4.78 is 5.03. The second-order valence-electron chi connectivity index (χ2n) is 5.85. The van der Waals surface area contributed by atoms with E-state index in [0.717, 1.165) is 24.0 Å². The molecule has 0 bridgehead atoms. The number of hydrogen-bond acceptors (Lipinski definition) is 4. The molecule has 2 heterocycles. The summed E-state index contributed by atoms with van der Waals surface area (Å²) in [5.74, 6) is 0.706. The van der Waals surface area contributed by atoms with Gasteiger partial charge in [-0.1, -0.05) is 6.92 Å². The number of imidazole rings is 1. The normalized spacial score (nSPS) is 11.0. The zero-order valence-electron chi connectivity index (χ0n) is 14.5. The van der Waals surface area contributed by atoms with Crippen LogP contribution in [0.1, 0.15) is 19.2 Å². The van der Waals surface area contributed by atoms with Gasteiger partial charge in [0.1, 0.15) is 6.33 Å². The van der Waals surface area contributed by atoms with E-state index in [2.05, 4.69) is 27.8 Å². The predicted molar refractivity (Wildman–Crippen MR) is 94.3 cm³/mol. The lowest BCUT2D eigenvalue weighted by molar-refractivity contribution is 0.251. The van der Waals surface area contributed by atoms with Gasteiger partial charge in [0, 0.05) is 26.3 Å². The topological polar surface area (TPSA) is 98.8 Å². The van der Waals surface area contributed by atoms with Gasteiger partial charge in [0.2, 0.25) is 0 Å². The SMILES string of the molecule is CCCn1cnnc1CNC(=O)Nc1ccc2c(c1)n(C)c(=O)n2C. The van der Waals surface area contributed by atoms with Crippen LogP contribution in [0.3, 0.4) is 0 Å². The fraction of sp³-hybridized carbons (Fsp3) is 0.375. The Kier molecular flexibility index (Phi) is 4.55. The molecular formula is C16H21N7O2. The smallest absolute Gasteiger partial charge is 0.328 e. The molecule has 1 aromatic carbocycles. The summed E-state index contributed by atoms with van der Waals surface area (Å²) in [4.78, 5) is 24.1. The number of urea groups is 1. The fourth-order valence-corrected chi connectivity index (χ4v) is 2.76. The first-order valence-corrected chi connectivity index (χ1v) is 8.08. The van der Waals surface area contributed by atoms with Gasteiger partial charge in [-0.25, -0.2) is 9.59 Å². The van der Waals surface area contributed by atoms with Gasteiger partial charge in [0.25, 0.3) is 0 Å². The Hall–Kier alpha value is -3.10. The van der Waals surface area contributed by atoms with E-state index in [4.69, 9.17) is 0 Å². The Labute approximate surface area is 144 Å². The number of nitrogens with zero attached hydrogens (tertiary/aromatic N) is 5. The molecular weight excluding hydrogens is 322 g/mol. The van der Waals surface area contributed by atoms with E-state index in [1.807, 2.05) is 10.6 Å². The minimum Gasteiger partial charge on any atom is -0.331 e. The molecule has 0 fully saturated rings. The summed E-state index contributed by atoms with van der Waals surface area (Å²) in [7, 11) is 3.42. The third kappa shape index (κ3) is 3.25. The summed E-state index contributed by atoms with van der Waals surface area (Å²) in [6, 6.07) is 5.01. The van der Waals surface area contributed by atoms with Crippen LogP contribution in [-0.2, 0) is 27.2 Å². The van der Waals surface area contributed by atoms with Gasteiger partial charge in [-0.05, 0) is 24.6 Å². The number of carbonyl (C=O) groups excluding carboxylic acids is 1. The molecule has 0 saturated carbocycles. The summed E-state index contributed by atoms with van der Waals surface area (Å²) in [6.07, 6.45) is 2.62. The van der Waals surface area contributed by atoms with Crippen molar-refractivity contribution in [1.29, 1.82) is 0 Å². The van der Waals surface area contributed by atoms with Crippen LogP contribution in [0.4, 0.5) is 10.5 Å². The van der Waals surface area contributed by atoms with Crippen LogP contribution in [0.2, 0.25) is 0 Å². The van der Waals surface area contributed by atoms with E-state index in [9.17, 15) is 9.59 Å². The Morgan fingerprint density at radius 1 is 1.20 bits per heavy atom. The van der Waals surface area contributed by atoms with Crippen LogP contribution in [0, 0.1) is 0 Å². The lowest BCUT2D eigenvalue weighted by Gasteiger charge is -2.09. The van der Waals surface area contributed by atoms with Crippen LogP contribution < -0.4 is 16.3 Å². The van der Waals surface area contributed by atoms with E-state index in [0.29, 0.717) is 11.5 Å². The summed E-state index contributed by atoms with van der Waals surface area (Å²) in [5.41, 5.74) is 2.08. The molecule has 3 aromatic rings. The van der Waals surface area contributed by atoms with E-state index < -0.39 is 0 Å². The van der Waals surface area contributed by atoms with Crippen molar-refractivity contribution in [2.24, 2.45) is 14.1 Å². The van der Waals surface area contributed by atoms with Gasteiger partial charge < -0.3 is 15.2 Å². The van der Waals surface area contributed by atoms with E-state index in [-0.39, 0.29) is 18.3 Å². The van der Waals surface area contributed by atoms with Gasteiger partial charge in [-0.15, -0.1) is 10.2 Å². The van der Waals surface area contributed by atoms with Crippen LogP contribution in [0.15, 0.2) is 29.3 Å². The number of aryl methyl sites for hydroxylation is 3. The number of carbonyl (C=O) groups is 1. The molecule has 0 spiro atoms. The number of amides is 2. The maximum absolute atomic E-state index is 12.1. The standard InChI is InChI=1S/C16H21N7O2/c1-4-7-23-10-18-20-14(23)9-17-15(24)19-11-5-6-12-13(8-11)22(3)16(25)21(12)2/h5-6,8,10H,4,7,9H2,1-3H3,(H2,17,19,24). The van der Waals surface area contributed by atoms with Crippen LogP contribution in [0.25, 0.3) is 11.0 Å². The summed E-state index contributed by atoms with van der Waals surface area (Å²) >= 11 is 0. The average Bonchev–Trinajstić information content (AvgIpc) is 3.13. The van der Waals surface area contributed by atoms with Crippen LogP contribution >= 0.6 is 0 Å². The molecule has 0 aliphatic heterocycles. The first kappa shape index (κ1) is 16.7. The number of rotatable bonds is 5. The third-order valence-electron chi connectivity index (χ3n) is 4.10. The summed E-state index contributed by atoms with van der Waals surface area (Å²) in [6.45, 7) is 3.17. The van der Waals surface area contributed by atoms with Gasteiger partial charge in [-0.3, -0.25) is 9.13 Å². The molecule has 9 heteroatoms. The van der Waals surface area contributed by atoms with Crippen LogP contribution in [-0.4, -0.2) is 29.9 Å². The molecule has 0 radical (unpaired) electrons. The Bertz CT molecular complexity index is 967. The molecule has 0 aliphatic rings. The molecule has 25 heavy (non-hydrogen) atoms. The van der Waals surface area contributed by atoms with Crippen LogP contribution in [0.5, 0.6) is 0 Å². The van der Waals surface area contributed by atoms with E-state index in [1.54, 1.807) is 41.7 Å². The van der Waals surface area contributed by atoms with Crippen molar-refractivity contribution in [2.75, 3.05) is 5.32 Å². The highest BCUT2D eigenvalue weighted by Gasteiger charge is 2.10. The molecule has 0 saturated heterocycles. The predicted octanol–water partition coefficient (Wildman–Crippen LogP) is 1.20. The van der Waals surface area contributed by atoms with Gasteiger partial charge in [0.05, 0.1) is 17.6 Å². The molecule has 0 unspecified atom stereocenters. The second kappa shape index (κ2) is 6.80. The molecule has 2 aromatic heterocycles. The van der Waals surface area contributed by atoms with Gasteiger partial charge >= 0.3 is 11.7 Å². The number of benzene rings is 1.